The molecule has 0 aliphatic rings. The Labute approximate surface area is 398 Å². The van der Waals surface area contributed by atoms with Crippen molar-refractivity contribution in [3.05, 3.63) is 36.5 Å². The highest BCUT2D eigenvalue weighted by molar-refractivity contribution is 5.76. The molecule has 0 heterocycles. The van der Waals surface area contributed by atoms with E-state index in [1.807, 2.05) is 0 Å². The molecule has 1 amide bonds. The van der Waals surface area contributed by atoms with E-state index in [0.717, 1.165) is 77.0 Å². The summed E-state index contributed by atoms with van der Waals surface area (Å²) in [6.45, 7) is 4.89. The minimum atomic E-state index is -0.679. The second-order valence-electron chi connectivity index (χ2n) is 19.3. The molecule has 0 radical (unpaired) electrons. The Morgan fingerprint density at radius 2 is 0.781 bits per heavy atom. The maximum absolute atomic E-state index is 12.5. The number of carbonyl (C=O) groups is 2. The molecule has 0 saturated heterocycles. The summed E-state index contributed by atoms with van der Waals surface area (Å²) >= 11 is 0. The Balaban J connectivity index is 3.53. The highest BCUT2D eigenvalue weighted by atomic mass is 16.5. The molecule has 0 aliphatic heterocycles. The number of allylic oxidation sites excluding steroid dienone is 6. The van der Waals surface area contributed by atoms with Crippen LogP contribution in [-0.2, 0) is 14.3 Å². The Kier molecular flexibility index (Phi) is 52.1. The molecule has 6 nitrogen and oxygen atoms in total. The van der Waals surface area contributed by atoms with Gasteiger partial charge in [-0.1, -0.05) is 237 Å². The minimum Gasteiger partial charge on any atom is -0.466 e. The molecule has 0 bridgehead atoms. The lowest BCUT2D eigenvalue weighted by Crippen LogP contribution is -2.45. The predicted octanol–water partition coefficient (Wildman–Crippen LogP) is 17.2. The smallest absolute Gasteiger partial charge is 0.305 e. The monoisotopic (exact) mass is 900 g/mol. The number of aliphatic hydroxyl groups is 2. The number of unbranched alkanes of at least 4 members (excludes halogenated alkanes) is 36. The largest absolute Gasteiger partial charge is 0.466 e. The van der Waals surface area contributed by atoms with Gasteiger partial charge in [0, 0.05) is 12.8 Å². The molecule has 3 N–H and O–H groups in total. The van der Waals surface area contributed by atoms with E-state index in [0.29, 0.717) is 25.9 Å². The highest BCUT2D eigenvalue weighted by Crippen LogP contribution is 2.17. The fourth-order valence-corrected chi connectivity index (χ4v) is 8.57. The molecule has 2 atom stereocenters. The van der Waals surface area contributed by atoms with E-state index >= 15 is 0 Å². The van der Waals surface area contributed by atoms with Crippen molar-refractivity contribution in [3.8, 4) is 0 Å². The summed E-state index contributed by atoms with van der Waals surface area (Å²) in [4.78, 5) is 24.5. The molecule has 0 aromatic rings. The van der Waals surface area contributed by atoms with Crippen molar-refractivity contribution in [1.29, 1.82) is 0 Å². The average Bonchev–Trinajstić information content (AvgIpc) is 3.29. The predicted molar refractivity (Wildman–Crippen MR) is 278 cm³/mol. The minimum absolute atomic E-state index is 0.0302. The number of hydrogen-bond acceptors (Lipinski definition) is 5. The Hall–Kier alpha value is -1.92. The molecular weight excluding hydrogens is 791 g/mol. The second kappa shape index (κ2) is 53.7. The first-order valence-electron chi connectivity index (χ1n) is 28.3. The van der Waals surface area contributed by atoms with Gasteiger partial charge in [-0.15, -0.1) is 0 Å². The van der Waals surface area contributed by atoms with Crippen LogP contribution in [0.4, 0.5) is 0 Å². The summed E-state index contributed by atoms with van der Waals surface area (Å²) in [5.41, 5.74) is 0. The third-order valence-electron chi connectivity index (χ3n) is 12.9. The Bertz CT molecular complexity index is 1040. The molecule has 376 valence electrons. The first kappa shape index (κ1) is 62.1. The number of esters is 1. The number of amides is 1. The van der Waals surface area contributed by atoms with Gasteiger partial charge in [-0.05, 0) is 83.5 Å². The van der Waals surface area contributed by atoms with Crippen LogP contribution in [0.5, 0.6) is 0 Å². The SMILES string of the molecule is CCCCCCC/C=C\CCCCCCCC(=O)OCCCCC/C=C\C=C/CCCCCCCCC(=O)NC(CO)C(O)CCCCCCCCCCCCCCCCCCCC. The van der Waals surface area contributed by atoms with Gasteiger partial charge >= 0.3 is 5.97 Å². The van der Waals surface area contributed by atoms with E-state index in [2.05, 4.69) is 55.6 Å². The average molecular weight is 901 g/mol. The summed E-state index contributed by atoms with van der Waals surface area (Å²) in [6, 6.07) is -0.559. The molecular formula is C58H109NO5. The molecule has 0 aromatic carbocycles. The zero-order valence-electron chi connectivity index (χ0n) is 42.8. The van der Waals surface area contributed by atoms with E-state index in [1.54, 1.807) is 0 Å². The van der Waals surface area contributed by atoms with Crippen LogP contribution in [0.15, 0.2) is 36.5 Å². The zero-order chi connectivity index (χ0) is 46.5. The maximum atomic E-state index is 12.5. The number of rotatable bonds is 52. The topological polar surface area (TPSA) is 95.9 Å². The van der Waals surface area contributed by atoms with Gasteiger partial charge in [0.15, 0.2) is 0 Å². The van der Waals surface area contributed by atoms with Crippen LogP contribution >= 0.6 is 0 Å². The summed E-state index contributed by atoms with van der Waals surface area (Å²) in [5, 5.41) is 23.3. The van der Waals surface area contributed by atoms with Crippen LogP contribution in [0.1, 0.15) is 296 Å². The Morgan fingerprint density at radius 1 is 0.438 bits per heavy atom. The lowest BCUT2D eigenvalue weighted by Gasteiger charge is -2.22. The summed E-state index contributed by atoms with van der Waals surface area (Å²) in [6.07, 6.45) is 65.5. The molecule has 0 aliphatic carbocycles. The van der Waals surface area contributed by atoms with Crippen molar-refractivity contribution in [2.24, 2.45) is 0 Å². The zero-order valence-corrected chi connectivity index (χ0v) is 42.8. The van der Waals surface area contributed by atoms with Crippen molar-refractivity contribution in [1.82, 2.24) is 5.32 Å². The van der Waals surface area contributed by atoms with Crippen LogP contribution in [0.2, 0.25) is 0 Å². The number of hydrogen-bond donors (Lipinski definition) is 3. The Morgan fingerprint density at radius 3 is 1.20 bits per heavy atom. The van der Waals surface area contributed by atoms with E-state index in [9.17, 15) is 19.8 Å². The van der Waals surface area contributed by atoms with Crippen LogP contribution in [0.25, 0.3) is 0 Å². The maximum Gasteiger partial charge on any atom is 0.305 e. The van der Waals surface area contributed by atoms with Gasteiger partial charge in [0.05, 0.1) is 25.4 Å². The fraction of sp³-hybridized carbons (Fsp3) is 0.862. The molecule has 0 spiro atoms. The van der Waals surface area contributed by atoms with E-state index in [1.165, 1.54) is 186 Å². The number of nitrogens with one attached hydrogen (secondary N) is 1. The molecule has 2 unspecified atom stereocenters. The van der Waals surface area contributed by atoms with Crippen LogP contribution in [0, 0.1) is 0 Å². The quantitative estimate of drug-likeness (QED) is 0.0245. The number of ether oxygens (including phenoxy) is 1. The van der Waals surface area contributed by atoms with E-state index in [4.69, 9.17) is 4.74 Å². The molecule has 6 heteroatoms. The van der Waals surface area contributed by atoms with Crippen LogP contribution in [-0.4, -0.2) is 47.4 Å². The molecule has 0 rings (SSSR count). The van der Waals surface area contributed by atoms with E-state index in [-0.39, 0.29) is 18.5 Å². The fourth-order valence-electron chi connectivity index (χ4n) is 8.57. The lowest BCUT2D eigenvalue weighted by atomic mass is 10.0. The standard InChI is InChI=1S/C58H109NO5/c1-3-5-7-9-11-13-15-17-19-20-21-23-26-30-34-38-42-46-50-56(61)55(54-60)59-57(62)51-47-43-39-35-31-27-24-22-25-29-33-37-41-45-49-53-64-58(63)52-48-44-40-36-32-28-18-16-14-12-10-8-6-4-2/h16,18,22,25,29,33,55-56,60-61H,3-15,17,19-21,23-24,26-28,30-32,34-54H2,1-2H3,(H,59,62)/b18-16-,25-22-,33-29-. The normalized spacial score (nSPS) is 12.9. The molecule has 0 aromatic heterocycles. The lowest BCUT2D eigenvalue weighted by molar-refractivity contribution is -0.143. The summed E-state index contributed by atoms with van der Waals surface area (Å²) in [5.74, 6) is -0.0867. The number of carbonyl (C=O) groups excluding carboxylic acids is 2. The number of aliphatic hydroxyl groups excluding tert-OH is 2. The molecule has 0 fully saturated rings. The van der Waals surface area contributed by atoms with E-state index < -0.39 is 12.1 Å². The van der Waals surface area contributed by atoms with Crippen LogP contribution < -0.4 is 5.32 Å². The third-order valence-corrected chi connectivity index (χ3v) is 12.9. The summed E-state index contributed by atoms with van der Waals surface area (Å²) < 4.78 is 5.44. The first-order valence-corrected chi connectivity index (χ1v) is 28.3. The van der Waals surface area contributed by atoms with Gasteiger partial charge in [0.1, 0.15) is 0 Å². The van der Waals surface area contributed by atoms with Crippen molar-refractivity contribution in [2.45, 2.75) is 309 Å². The van der Waals surface area contributed by atoms with Crippen molar-refractivity contribution >= 4 is 11.9 Å². The van der Waals surface area contributed by atoms with Gasteiger partial charge in [-0.25, -0.2) is 0 Å². The van der Waals surface area contributed by atoms with Crippen molar-refractivity contribution in [2.75, 3.05) is 13.2 Å². The van der Waals surface area contributed by atoms with Gasteiger partial charge in [-0.2, -0.15) is 0 Å². The first-order chi connectivity index (χ1) is 31.5. The highest BCUT2D eigenvalue weighted by Gasteiger charge is 2.20. The van der Waals surface area contributed by atoms with Gasteiger partial charge in [0.2, 0.25) is 5.91 Å². The van der Waals surface area contributed by atoms with Crippen molar-refractivity contribution in [3.63, 3.8) is 0 Å². The van der Waals surface area contributed by atoms with Gasteiger partial charge in [-0.3, -0.25) is 9.59 Å². The molecule has 64 heavy (non-hydrogen) atoms. The van der Waals surface area contributed by atoms with Crippen LogP contribution in [0.3, 0.4) is 0 Å². The van der Waals surface area contributed by atoms with Gasteiger partial charge < -0.3 is 20.3 Å². The summed E-state index contributed by atoms with van der Waals surface area (Å²) in [7, 11) is 0. The second-order valence-corrected chi connectivity index (χ2v) is 19.3. The third kappa shape index (κ3) is 49.5. The van der Waals surface area contributed by atoms with Crippen molar-refractivity contribution < 1.29 is 24.5 Å². The molecule has 0 saturated carbocycles. The van der Waals surface area contributed by atoms with Gasteiger partial charge in [0.25, 0.3) is 0 Å².